The highest BCUT2D eigenvalue weighted by Crippen LogP contribution is 2.24. The molecule has 0 aromatic heterocycles. The molecule has 0 aliphatic carbocycles. The highest BCUT2D eigenvalue weighted by atomic mass is 32.2. The summed E-state index contributed by atoms with van der Waals surface area (Å²) in [5.74, 6) is 0. The number of aliphatic hydroxyl groups excluding tert-OH is 3. The maximum Gasteiger partial charge on any atom is 0.261 e. The third-order valence-electron chi connectivity index (χ3n) is 1.79. The second kappa shape index (κ2) is 5.01. The normalized spacial score (nSPS) is 23.6. The van der Waals surface area contributed by atoms with Crippen molar-refractivity contribution in [3.63, 3.8) is 0 Å². The summed E-state index contributed by atoms with van der Waals surface area (Å²) in [7, 11) is -3.67. The Morgan fingerprint density at radius 2 is 1.64 bits per heavy atom. The SMILES string of the molecule is CS(=O)(=O)O.OCC1NC1(CO)CO. The Morgan fingerprint density at radius 1 is 1.29 bits per heavy atom. The van der Waals surface area contributed by atoms with Crippen LogP contribution in [0.15, 0.2) is 0 Å². The van der Waals surface area contributed by atoms with Crippen LogP contribution in [-0.2, 0) is 10.1 Å². The quantitative estimate of drug-likeness (QED) is 0.260. The van der Waals surface area contributed by atoms with Crippen LogP contribution >= 0.6 is 0 Å². The van der Waals surface area contributed by atoms with Crippen molar-refractivity contribution in [2.24, 2.45) is 0 Å². The lowest BCUT2D eigenvalue weighted by Crippen LogP contribution is -2.28. The molecule has 1 unspecified atom stereocenters. The van der Waals surface area contributed by atoms with Crippen molar-refractivity contribution < 1.29 is 28.3 Å². The molecule has 8 heteroatoms. The van der Waals surface area contributed by atoms with Crippen LogP contribution in [0.2, 0.25) is 0 Å². The molecule has 5 N–H and O–H groups in total. The van der Waals surface area contributed by atoms with Gasteiger partial charge in [-0.3, -0.25) is 9.87 Å². The van der Waals surface area contributed by atoms with Crippen molar-refractivity contribution >= 4 is 10.1 Å². The minimum Gasteiger partial charge on any atom is -0.395 e. The molecule has 7 nitrogen and oxygen atoms in total. The van der Waals surface area contributed by atoms with Crippen molar-refractivity contribution in [3.05, 3.63) is 0 Å². The molecule has 1 fully saturated rings. The van der Waals surface area contributed by atoms with E-state index in [-0.39, 0.29) is 25.9 Å². The van der Waals surface area contributed by atoms with Crippen LogP contribution in [0, 0.1) is 0 Å². The van der Waals surface area contributed by atoms with Crippen molar-refractivity contribution in [1.82, 2.24) is 5.32 Å². The van der Waals surface area contributed by atoms with E-state index in [1.807, 2.05) is 0 Å². The van der Waals surface area contributed by atoms with Crippen LogP contribution < -0.4 is 5.32 Å². The molecule has 0 bridgehead atoms. The summed E-state index contributed by atoms with van der Waals surface area (Å²) in [5, 5.41) is 28.5. The second-order valence-electron chi connectivity index (χ2n) is 3.08. The monoisotopic (exact) mass is 229 g/mol. The Hall–Kier alpha value is -0.250. The van der Waals surface area contributed by atoms with E-state index in [9.17, 15) is 8.42 Å². The predicted molar refractivity (Wildman–Crippen MR) is 48.4 cm³/mol. The summed E-state index contributed by atoms with van der Waals surface area (Å²) in [6.45, 7) is -0.259. The maximum absolute atomic E-state index is 9.19. The van der Waals surface area contributed by atoms with Gasteiger partial charge in [0.2, 0.25) is 0 Å². The zero-order chi connectivity index (χ0) is 11.4. The average molecular weight is 229 g/mol. The van der Waals surface area contributed by atoms with Gasteiger partial charge in [-0.2, -0.15) is 8.42 Å². The molecule has 0 amide bonds. The molecule has 1 rings (SSSR count). The van der Waals surface area contributed by atoms with E-state index < -0.39 is 15.7 Å². The summed E-state index contributed by atoms with van der Waals surface area (Å²) in [6, 6.07) is -0.118. The van der Waals surface area contributed by atoms with Crippen molar-refractivity contribution in [2.45, 2.75) is 11.6 Å². The number of aliphatic hydroxyl groups is 3. The van der Waals surface area contributed by atoms with Crippen LogP contribution in [0.1, 0.15) is 0 Å². The van der Waals surface area contributed by atoms with E-state index in [2.05, 4.69) is 5.32 Å². The maximum atomic E-state index is 9.19. The molecule has 1 saturated heterocycles. The highest BCUT2D eigenvalue weighted by Gasteiger charge is 2.52. The number of rotatable bonds is 3. The van der Waals surface area contributed by atoms with E-state index in [4.69, 9.17) is 19.9 Å². The third-order valence-corrected chi connectivity index (χ3v) is 1.79. The van der Waals surface area contributed by atoms with Gasteiger partial charge in [0, 0.05) is 0 Å². The fourth-order valence-electron chi connectivity index (χ4n) is 0.887. The van der Waals surface area contributed by atoms with Gasteiger partial charge < -0.3 is 15.3 Å². The molecule has 86 valence electrons. The van der Waals surface area contributed by atoms with E-state index in [1.165, 1.54) is 0 Å². The fourth-order valence-corrected chi connectivity index (χ4v) is 0.887. The lowest BCUT2D eigenvalue weighted by molar-refractivity contribution is 0.163. The third kappa shape index (κ3) is 4.84. The minimum atomic E-state index is -3.67. The molecule has 0 saturated carbocycles. The second-order valence-corrected chi connectivity index (χ2v) is 4.55. The van der Waals surface area contributed by atoms with Gasteiger partial charge in [0.05, 0.1) is 37.7 Å². The molecule has 1 aliphatic heterocycles. The van der Waals surface area contributed by atoms with E-state index in [1.54, 1.807) is 0 Å². The molecule has 0 spiro atoms. The van der Waals surface area contributed by atoms with Gasteiger partial charge in [0.1, 0.15) is 0 Å². The zero-order valence-corrected chi connectivity index (χ0v) is 8.53. The molecule has 1 aliphatic rings. The van der Waals surface area contributed by atoms with Gasteiger partial charge in [-0.15, -0.1) is 0 Å². The summed E-state index contributed by atoms with van der Waals surface area (Å²) in [5.41, 5.74) is -0.589. The Labute approximate surface area is 82.1 Å². The number of hydrogen-bond acceptors (Lipinski definition) is 6. The van der Waals surface area contributed by atoms with Crippen LogP contribution in [0.4, 0.5) is 0 Å². The molecule has 0 radical (unpaired) electrons. The van der Waals surface area contributed by atoms with Gasteiger partial charge in [-0.1, -0.05) is 0 Å². The lowest BCUT2D eigenvalue weighted by Gasteiger charge is -2.04. The summed E-state index contributed by atoms with van der Waals surface area (Å²) < 4.78 is 25.9. The van der Waals surface area contributed by atoms with Gasteiger partial charge in [-0.05, 0) is 0 Å². The van der Waals surface area contributed by atoms with Crippen LogP contribution in [0.5, 0.6) is 0 Å². The molecule has 1 atom stereocenters. The summed E-state index contributed by atoms with van der Waals surface area (Å²) >= 11 is 0. The van der Waals surface area contributed by atoms with Gasteiger partial charge in [0.25, 0.3) is 10.1 Å². The van der Waals surface area contributed by atoms with E-state index >= 15 is 0 Å². The Balaban J connectivity index is 0.000000292. The highest BCUT2D eigenvalue weighted by molar-refractivity contribution is 7.85. The molecule has 1 heterocycles. The van der Waals surface area contributed by atoms with Gasteiger partial charge in [-0.25, -0.2) is 0 Å². The average Bonchev–Trinajstić information content (AvgIpc) is 2.76. The predicted octanol–water partition coefficient (Wildman–Crippen LogP) is -2.82. The first-order chi connectivity index (χ1) is 6.29. The van der Waals surface area contributed by atoms with Crippen LogP contribution in [0.25, 0.3) is 0 Å². The Bertz CT molecular complexity index is 251. The molecule has 0 aromatic rings. The summed E-state index contributed by atoms with van der Waals surface area (Å²) in [6.07, 6.45) is 0.715. The first kappa shape index (κ1) is 13.8. The van der Waals surface area contributed by atoms with Crippen molar-refractivity contribution in [1.29, 1.82) is 0 Å². The first-order valence-corrected chi connectivity index (χ1v) is 5.66. The van der Waals surface area contributed by atoms with Crippen molar-refractivity contribution in [2.75, 3.05) is 26.1 Å². The Kier molecular flexibility index (Phi) is 4.92. The standard InChI is InChI=1S/C5H11NO3.CH4O3S/c7-1-4-5(2-8,3-9)6-4;1-5(2,3)4/h4,6-9H,1-3H2;1H3,(H,2,3,4). The van der Waals surface area contributed by atoms with E-state index in [0.717, 1.165) is 0 Å². The van der Waals surface area contributed by atoms with Gasteiger partial charge in [0.15, 0.2) is 0 Å². The topological polar surface area (TPSA) is 137 Å². The minimum absolute atomic E-state index is 0.0267. The van der Waals surface area contributed by atoms with E-state index in [0.29, 0.717) is 6.26 Å². The summed E-state index contributed by atoms with van der Waals surface area (Å²) in [4.78, 5) is 0. The number of nitrogens with one attached hydrogen (secondary N) is 1. The van der Waals surface area contributed by atoms with Crippen LogP contribution in [0.3, 0.4) is 0 Å². The number of hydrogen-bond donors (Lipinski definition) is 5. The first-order valence-electron chi connectivity index (χ1n) is 3.82. The van der Waals surface area contributed by atoms with Gasteiger partial charge >= 0.3 is 0 Å². The van der Waals surface area contributed by atoms with Crippen molar-refractivity contribution in [3.8, 4) is 0 Å². The smallest absolute Gasteiger partial charge is 0.261 e. The molecule has 14 heavy (non-hydrogen) atoms. The lowest BCUT2D eigenvalue weighted by atomic mass is 10.1. The largest absolute Gasteiger partial charge is 0.395 e. The molecular formula is C6H15NO6S. The Morgan fingerprint density at radius 3 is 1.71 bits per heavy atom. The molecule has 0 aromatic carbocycles. The zero-order valence-electron chi connectivity index (χ0n) is 7.71. The fraction of sp³-hybridized carbons (Fsp3) is 1.00. The molecular weight excluding hydrogens is 214 g/mol. The van der Waals surface area contributed by atoms with Crippen LogP contribution in [-0.4, -0.2) is 65.9 Å².